The molecule has 23 heavy (non-hydrogen) atoms. The molecule has 1 aliphatic rings. The van der Waals surface area contributed by atoms with Crippen LogP contribution in [-0.4, -0.2) is 36.9 Å². The zero-order chi connectivity index (χ0) is 16.8. The van der Waals surface area contributed by atoms with Gasteiger partial charge in [0, 0.05) is 43.9 Å². The highest BCUT2D eigenvalue weighted by Crippen LogP contribution is 2.28. The molecule has 0 spiro atoms. The van der Waals surface area contributed by atoms with E-state index >= 15 is 0 Å². The number of piperidine rings is 1. The molecule has 0 aliphatic carbocycles. The van der Waals surface area contributed by atoms with Gasteiger partial charge in [0.2, 0.25) is 11.8 Å². The lowest BCUT2D eigenvalue weighted by atomic mass is 9.91. The summed E-state index contributed by atoms with van der Waals surface area (Å²) in [4.78, 5) is 26.1. The van der Waals surface area contributed by atoms with Crippen molar-refractivity contribution in [1.82, 2.24) is 10.2 Å². The summed E-state index contributed by atoms with van der Waals surface area (Å²) in [5.74, 6) is -1.00. The molecule has 1 fully saturated rings. The number of rotatable bonds is 5. The van der Waals surface area contributed by atoms with E-state index in [9.17, 15) is 14.0 Å². The summed E-state index contributed by atoms with van der Waals surface area (Å²) in [7, 11) is 1.55. The zero-order valence-corrected chi connectivity index (χ0v) is 14.0. The number of nitrogens with zero attached hydrogens (tertiary/aromatic N) is 1. The van der Waals surface area contributed by atoms with E-state index in [2.05, 4.69) is 5.32 Å². The third kappa shape index (κ3) is 5.20. The number of likely N-dealkylation sites (tertiary alicyclic amines) is 1. The first-order chi connectivity index (χ1) is 11.0. The molecule has 1 aromatic rings. The zero-order valence-electron chi connectivity index (χ0n) is 13.3. The SMILES string of the molecule is CNC(=O)CC(CC(=O)N1CCCCC1)c1cc(F)cc(Cl)c1. The van der Waals surface area contributed by atoms with Gasteiger partial charge >= 0.3 is 0 Å². The second-order valence-corrected chi connectivity index (χ2v) is 6.36. The summed E-state index contributed by atoms with van der Waals surface area (Å²) in [5.41, 5.74) is 0.587. The predicted octanol–water partition coefficient (Wildman–Crippen LogP) is 3.10. The van der Waals surface area contributed by atoms with Crippen molar-refractivity contribution in [2.75, 3.05) is 20.1 Å². The van der Waals surface area contributed by atoms with Gasteiger partial charge in [-0.25, -0.2) is 4.39 Å². The van der Waals surface area contributed by atoms with E-state index in [4.69, 9.17) is 11.6 Å². The predicted molar refractivity (Wildman–Crippen MR) is 87.9 cm³/mol. The van der Waals surface area contributed by atoms with Crippen LogP contribution in [0, 0.1) is 5.82 Å². The number of hydrogen-bond donors (Lipinski definition) is 1. The van der Waals surface area contributed by atoms with Gasteiger partial charge < -0.3 is 10.2 Å². The third-order valence-electron chi connectivity index (χ3n) is 4.20. The van der Waals surface area contributed by atoms with Gasteiger partial charge in [-0.15, -0.1) is 0 Å². The van der Waals surface area contributed by atoms with Crippen LogP contribution in [0.1, 0.15) is 43.6 Å². The van der Waals surface area contributed by atoms with Crippen molar-refractivity contribution >= 4 is 23.4 Å². The summed E-state index contributed by atoms with van der Waals surface area (Å²) < 4.78 is 13.6. The van der Waals surface area contributed by atoms with Crippen LogP contribution in [0.4, 0.5) is 4.39 Å². The number of halogens is 2. The Labute approximate surface area is 141 Å². The summed E-state index contributed by atoms with van der Waals surface area (Å²) in [6, 6.07) is 4.19. The molecule has 2 amide bonds. The van der Waals surface area contributed by atoms with E-state index < -0.39 is 5.82 Å². The molecular weight excluding hydrogens is 319 g/mol. The molecule has 1 N–H and O–H groups in total. The van der Waals surface area contributed by atoms with Gasteiger partial charge in [-0.1, -0.05) is 11.6 Å². The van der Waals surface area contributed by atoms with Crippen LogP contribution in [0.3, 0.4) is 0 Å². The van der Waals surface area contributed by atoms with E-state index in [-0.39, 0.29) is 35.6 Å². The van der Waals surface area contributed by atoms with E-state index in [0.717, 1.165) is 32.4 Å². The van der Waals surface area contributed by atoms with Crippen LogP contribution in [-0.2, 0) is 9.59 Å². The standard InChI is InChI=1S/C17H22ClFN2O2/c1-20-16(22)9-13(12-7-14(18)11-15(19)8-12)10-17(23)21-5-3-2-4-6-21/h7-8,11,13H,2-6,9-10H2,1H3,(H,20,22). The lowest BCUT2D eigenvalue weighted by Crippen LogP contribution is -2.36. The highest BCUT2D eigenvalue weighted by molar-refractivity contribution is 6.30. The minimum atomic E-state index is -0.458. The number of carbonyl (C=O) groups excluding carboxylic acids is 2. The van der Waals surface area contributed by atoms with Gasteiger partial charge in [-0.2, -0.15) is 0 Å². The largest absolute Gasteiger partial charge is 0.359 e. The maximum atomic E-state index is 13.6. The molecule has 1 unspecified atom stereocenters. The second kappa shape index (κ2) is 8.29. The Kier molecular flexibility index (Phi) is 6.39. The summed E-state index contributed by atoms with van der Waals surface area (Å²) in [6.45, 7) is 1.52. The third-order valence-corrected chi connectivity index (χ3v) is 4.41. The van der Waals surface area contributed by atoms with Gasteiger partial charge in [0.05, 0.1) is 0 Å². The van der Waals surface area contributed by atoms with E-state index in [0.29, 0.717) is 5.56 Å². The Balaban J connectivity index is 2.15. The monoisotopic (exact) mass is 340 g/mol. The van der Waals surface area contributed by atoms with Gasteiger partial charge in [-0.3, -0.25) is 9.59 Å². The Morgan fingerprint density at radius 2 is 1.91 bits per heavy atom. The number of carbonyl (C=O) groups is 2. The minimum absolute atomic E-state index is 0.0130. The molecule has 1 aliphatic heterocycles. The lowest BCUT2D eigenvalue weighted by Gasteiger charge is -2.28. The fourth-order valence-electron chi connectivity index (χ4n) is 2.93. The van der Waals surface area contributed by atoms with E-state index in [1.807, 2.05) is 4.90 Å². The Morgan fingerprint density at radius 1 is 1.22 bits per heavy atom. The highest BCUT2D eigenvalue weighted by atomic mass is 35.5. The Morgan fingerprint density at radius 3 is 2.52 bits per heavy atom. The van der Waals surface area contributed by atoms with Crippen LogP contribution in [0.15, 0.2) is 18.2 Å². The average Bonchev–Trinajstić information content (AvgIpc) is 2.53. The van der Waals surface area contributed by atoms with Crippen molar-refractivity contribution < 1.29 is 14.0 Å². The quantitative estimate of drug-likeness (QED) is 0.895. The molecule has 1 atom stereocenters. The molecule has 1 saturated heterocycles. The molecule has 4 nitrogen and oxygen atoms in total. The van der Waals surface area contributed by atoms with Crippen molar-refractivity contribution in [1.29, 1.82) is 0 Å². The van der Waals surface area contributed by atoms with Crippen molar-refractivity contribution in [3.63, 3.8) is 0 Å². The summed E-state index contributed by atoms with van der Waals surface area (Å²) in [6.07, 6.45) is 3.49. The van der Waals surface area contributed by atoms with Gasteiger partial charge in [-0.05, 0) is 43.0 Å². The van der Waals surface area contributed by atoms with Crippen molar-refractivity contribution in [3.05, 3.63) is 34.6 Å². The molecule has 0 bridgehead atoms. The highest BCUT2D eigenvalue weighted by Gasteiger charge is 2.24. The van der Waals surface area contributed by atoms with Gasteiger partial charge in [0.1, 0.15) is 5.82 Å². The van der Waals surface area contributed by atoms with Gasteiger partial charge in [0.25, 0.3) is 0 Å². The number of amides is 2. The van der Waals surface area contributed by atoms with Crippen molar-refractivity contribution in [2.45, 2.75) is 38.0 Å². The number of hydrogen-bond acceptors (Lipinski definition) is 2. The topological polar surface area (TPSA) is 49.4 Å². The summed E-state index contributed by atoms with van der Waals surface area (Å²) in [5, 5.41) is 2.83. The van der Waals surface area contributed by atoms with Crippen molar-refractivity contribution in [3.8, 4) is 0 Å². The van der Waals surface area contributed by atoms with E-state index in [1.165, 1.54) is 12.1 Å². The first-order valence-electron chi connectivity index (χ1n) is 7.94. The molecule has 2 rings (SSSR count). The molecule has 0 saturated carbocycles. The van der Waals surface area contributed by atoms with Crippen molar-refractivity contribution in [2.24, 2.45) is 0 Å². The smallest absolute Gasteiger partial charge is 0.223 e. The molecule has 1 heterocycles. The van der Waals surface area contributed by atoms with Crippen LogP contribution < -0.4 is 5.32 Å². The maximum absolute atomic E-state index is 13.6. The normalized spacial score (nSPS) is 16.0. The lowest BCUT2D eigenvalue weighted by molar-refractivity contribution is -0.132. The fraction of sp³-hybridized carbons (Fsp3) is 0.529. The molecule has 0 aromatic heterocycles. The number of benzene rings is 1. The van der Waals surface area contributed by atoms with Crippen LogP contribution >= 0.6 is 11.6 Å². The molecular formula is C17H22ClFN2O2. The fourth-order valence-corrected chi connectivity index (χ4v) is 3.16. The second-order valence-electron chi connectivity index (χ2n) is 5.92. The molecule has 1 aromatic carbocycles. The molecule has 6 heteroatoms. The molecule has 0 radical (unpaired) electrons. The van der Waals surface area contributed by atoms with Crippen LogP contribution in [0.2, 0.25) is 5.02 Å². The number of nitrogens with one attached hydrogen (secondary N) is 1. The minimum Gasteiger partial charge on any atom is -0.359 e. The van der Waals surface area contributed by atoms with Gasteiger partial charge in [0.15, 0.2) is 0 Å². The first-order valence-corrected chi connectivity index (χ1v) is 8.31. The van der Waals surface area contributed by atoms with E-state index in [1.54, 1.807) is 13.1 Å². The average molecular weight is 341 g/mol. The van der Waals surface area contributed by atoms with Crippen LogP contribution in [0.25, 0.3) is 0 Å². The summed E-state index contributed by atoms with van der Waals surface area (Å²) >= 11 is 5.91. The maximum Gasteiger partial charge on any atom is 0.223 e. The molecule has 126 valence electrons. The van der Waals surface area contributed by atoms with Crippen LogP contribution in [0.5, 0.6) is 0 Å². The Hall–Kier alpha value is -1.62. The Bertz CT molecular complexity index is 553. The first kappa shape index (κ1) is 17.7.